The Balaban J connectivity index is 0.000000184. The number of thioether (sulfide) groups is 2. The average molecular weight is 651 g/mol. The fourth-order valence-electron chi connectivity index (χ4n) is 4.84. The van der Waals surface area contributed by atoms with Gasteiger partial charge in [-0.1, -0.05) is 69.9 Å². The molecule has 0 saturated carbocycles. The van der Waals surface area contributed by atoms with Crippen LogP contribution < -0.4 is 4.74 Å². The molecule has 0 unspecified atom stereocenters. The van der Waals surface area contributed by atoms with Crippen LogP contribution in [0.25, 0.3) is 33.8 Å². The first kappa shape index (κ1) is 33.7. The van der Waals surface area contributed by atoms with Crippen molar-refractivity contribution in [2.45, 2.75) is 76.0 Å². The quantitative estimate of drug-likeness (QED) is 0.0867. The molecule has 0 atom stereocenters. The summed E-state index contributed by atoms with van der Waals surface area (Å²) in [6.07, 6.45) is 15.8. The van der Waals surface area contributed by atoms with Gasteiger partial charge in [0.05, 0.1) is 18.0 Å². The van der Waals surface area contributed by atoms with Crippen LogP contribution in [0.15, 0.2) is 107 Å². The third kappa shape index (κ3) is 9.43. The van der Waals surface area contributed by atoms with Crippen LogP contribution in [0.3, 0.4) is 0 Å². The first-order chi connectivity index (χ1) is 22.6. The zero-order valence-electron chi connectivity index (χ0n) is 27.6. The lowest BCUT2D eigenvalue weighted by atomic mass is 10.1. The summed E-state index contributed by atoms with van der Waals surface area (Å²) in [4.78, 5) is 12.0. The van der Waals surface area contributed by atoms with Crippen molar-refractivity contribution in [2.75, 3.05) is 18.1 Å². The minimum Gasteiger partial charge on any atom is -0.494 e. The molecule has 0 N–H and O–H groups in total. The van der Waals surface area contributed by atoms with Crippen molar-refractivity contribution >= 4 is 34.8 Å². The van der Waals surface area contributed by atoms with E-state index < -0.39 is 0 Å². The molecule has 6 aromatic rings. The standard InChI is InChI=1S/C21H26N2OS.C18H20N2S/c1-3-5-13-24-18-9-7-17(8-10-18)20-16-23-15-19(25-14-6-4-2)11-12-21(23)22-20;1-3-4-11-21-16-9-10-18-19-17(13-20(18)12-16)15-7-5-14(2)6-8-15/h7-12,15-16H,3-6,13-14H2,1-2H3;5-10,12-13H,3-4,11H2,1-2H3. The normalized spacial score (nSPS) is 11.1. The van der Waals surface area contributed by atoms with E-state index in [1.54, 1.807) is 0 Å². The number of pyridine rings is 2. The Hall–Kier alpha value is -3.68. The number of rotatable bonds is 14. The molecule has 0 saturated heterocycles. The fraction of sp³-hybridized carbons (Fsp3) is 0.333. The summed E-state index contributed by atoms with van der Waals surface area (Å²) in [5, 5.41) is 0. The summed E-state index contributed by atoms with van der Waals surface area (Å²) in [5.74, 6) is 3.28. The molecule has 240 valence electrons. The van der Waals surface area contributed by atoms with Gasteiger partial charge in [0.1, 0.15) is 17.0 Å². The maximum absolute atomic E-state index is 5.73. The predicted molar refractivity (Wildman–Crippen MR) is 198 cm³/mol. The summed E-state index contributed by atoms with van der Waals surface area (Å²) in [6.45, 7) is 9.51. The Labute approximate surface area is 282 Å². The Bertz CT molecular complexity index is 1790. The van der Waals surface area contributed by atoms with Gasteiger partial charge < -0.3 is 13.5 Å². The highest BCUT2D eigenvalue weighted by Crippen LogP contribution is 2.26. The van der Waals surface area contributed by atoms with Crippen molar-refractivity contribution in [1.82, 2.24) is 18.8 Å². The van der Waals surface area contributed by atoms with Gasteiger partial charge in [-0.25, -0.2) is 9.97 Å². The van der Waals surface area contributed by atoms with Crippen molar-refractivity contribution in [3.63, 3.8) is 0 Å². The van der Waals surface area contributed by atoms with Gasteiger partial charge in [-0.15, -0.1) is 23.5 Å². The van der Waals surface area contributed by atoms with Crippen LogP contribution in [0.1, 0.15) is 64.9 Å². The molecular weight excluding hydrogens is 605 g/mol. The Morgan fingerprint density at radius 1 is 0.565 bits per heavy atom. The number of aromatic nitrogens is 4. The molecule has 2 aromatic carbocycles. The van der Waals surface area contributed by atoms with E-state index in [1.807, 2.05) is 35.7 Å². The first-order valence-corrected chi connectivity index (χ1v) is 18.6. The molecule has 0 spiro atoms. The van der Waals surface area contributed by atoms with Gasteiger partial charge in [0.25, 0.3) is 0 Å². The lowest BCUT2D eigenvalue weighted by Crippen LogP contribution is -1.95. The van der Waals surface area contributed by atoms with Crippen molar-refractivity contribution in [2.24, 2.45) is 0 Å². The van der Waals surface area contributed by atoms with Gasteiger partial charge in [0.2, 0.25) is 0 Å². The maximum Gasteiger partial charge on any atom is 0.137 e. The molecule has 4 heterocycles. The molecule has 0 aliphatic heterocycles. The Morgan fingerprint density at radius 3 is 1.52 bits per heavy atom. The summed E-state index contributed by atoms with van der Waals surface area (Å²) < 4.78 is 9.98. The molecule has 0 fully saturated rings. The highest BCUT2D eigenvalue weighted by Gasteiger charge is 2.07. The van der Waals surface area contributed by atoms with E-state index in [9.17, 15) is 0 Å². The second-order valence-electron chi connectivity index (χ2n) is 11.5. The van der Waals surface area contributed by atoms with Crippen LogP contribution in [0.4, 0.5) is 0 Å². The number of fused-ring (bicyclic) bond motifs is 2. The number of hydrogen-bond donors (Lipinski definition) is 0. The minimum absolute atomic E-state index is 0.780. The number of aryl methyl sites for hydroxylation is 1. The van der Waals surface area contributed by atoms with Gasteiger partial charge in [-0.3, -0.25) is 0 Å². The fourth-order valence-corrected chi connectivity index (χ4v) is 6.88. The maximum atomic E-state index is 5.73. The molecule has 0 amide bonds. The number of imidazole rings is 2. The summed E-state index contributed by atoms with van der Waals surface area (Å²) in [5.41, 5.74) is 7.58. The van der Waals surface area contributed by atoms with E-state index in [-0.39, 0.29) is 0 Å². The van der Waals surface area contributed by atoms with E-state index in [0.29, 0.717) is 0 Å². The van der Waals surface area contributed by atoms with E-state index in [2.05, 4.69) is 122 Å². The Kier molecular flexibility index (Phi) is 12.7. The number of unbranched alkanes of at least 4 members (excludes halogenated alkanes) is 3. The second kappa shape index (κ2) is 17.3. The van der Waals surface area contributed by atoms with Crippen molar-refractivity contribution in [3.05, 3.63) is 103 Å². The third-order valence-electron chi connectivity index (χ3n) is 7.65. The van der Waals surface area contributed by atoms with E-state index >= 15 is 0 Å². The average Bonchev–Trinajstić information content (AvgIpc) is 3.70. The topological polar surface area (TPSA) is 43.8 Å². The van der Waals surface area contributed by atoms with E-state index in [4.69, 9.17) is 14.7 Å². The highest BCUT2D eigenvalue weighted by molar-refractivity contribution is 7.99. The second-order valence-corrected chi connectivity index (χ2v) is 13.8. The largest absolute Gasteiger partial charge is 0.494 e. The van der Waals surface area contributed by atoms with E-state index in [1.165, 1.54) is 58.1 Å². The molecule has 0 bridgehead atoms. The van der Waals surface area contributed by atoms with Gasteiger partial charge in [0.15, 0.2) is 0 Å². The van der Waals surface area contributed by atoms with Crippen LogP contribution in [0.5, 0.6) is 5.75 Å². The summed E-state index contributed by atoms with van der Waals surface area (Å²) in [6, 6.07) is 25.3. The van der Waals surface area contributed by atoms with Gasteiger partial charge in [-0.05, 0) is 86.2 Å². The Morgan fingerprint density at radius 2 is 1.04 bits per heavy atom. The number of ether oxygens (including phenoxy) is 1. The molecule has 7 heteroatoms. The monoisotopic (exact) mass is 650 g/mol. The van der Waals surface area contributed by atoms with Gasteiger partial charge in [0, 0.05) is 45.7 Å². The number of hydrogen-bond acceptors (Lipinski definition) is 5. The minimum atomic E-state index is 0.780. The molecule has 6 rings (SSSR count). The molecule has 46 heavy (non-hydrogen) atoms. The third-order valence-corrected chi connectivity index (χ3v) is 9.78. The molecule has 0 aliphatic rings. The first-order valence-electron chi connectivity index (χ1n) is 16.6. The van der Waals surface area contributed by atoms with Crippen LogP contribution in [0, 0.1) is 6.92 Å². The molecule has 5 nitrogen and oxygen atoms in total. The molecule has 4 aromatic heterocycles. The lowest BCUT2D eigenvalue weighted by molar-refractivity contribution is 0.309. The molecule has 0 radical (unpaired) electrons. The van der Waals surface area contributed by atoms with Crippen molar-refractivity contribution in [3.8, 4) is 28.3 Å². The van der Waals surface area contributed by atoms with Crippen LogP contribution in [-0.2, 0) is 0 Å². The number of benzene rings is 2. The van der Waals surface area contributed by atoms with Crippen LogP contribution >= 0.6 is 23.5 Å². The lowest BCUT2D eigenvalue weighted by Gasteiger charge is -2.05. The van der Waals surface area contributed by atoms with Crippen LogP contribution in [-0.4, -0.2) is 36.9 Å². The van der Waals surface area contributed by atoms with E-state index in [0.717, 1.165) is 53.4 Å². The van der Waals surface area contributed by atoms with Gasteiger partial charge in [-0.2, -0.15) is 0 Å². The predicted octanol–water partition coefficient (Wildman–Crippen LogP) is 11.3. The highest BCUT2D eigenvalue weighted by atomic mass is 32.2. The van der Waals surface area contributed by atoms with Crippen LogP contribution in [0.2, 0.25) is 0 Å². The molecule has 0 aliphatic carbocycles. The summed E-state index contributed by atoms with van der Waals surface area (Å²) in [7, 11) is 0. The van der Waals surface area contributed by atoms with Crippen molar-refractivity contribution < 1.29 is 4.74 Å². The van der Waals surface area contributed by atoms with Crippen molar-refractivity contribution in [1.29, 1.82) is 0 Å². The summed E-state index contributed by atoms with van der Waals surface area (Å²) >= 11 is 3.83. The number of nitrogens with zero attached hydrogens (tertiary/aromatic N) is 4. The smallest absolute Gasteiger partial charge is 0.137 e. The zero-order valence-corrected chi connectivity index (χ0v) is 29.2. The molecular formula is C39H46N4OS2. The SMILES string of the molecule is CCCCOc1ccc(-c2cn3cc(SCCCC)ccc3n2)cc1.CCCCSc1ccc2nc(-c3ccc(C)cc3)cn2c1. The van der Waals surface area contributed by atoms with Gasteiger partial charge >= 0.3 is 0 Å². The zero-order chi connectivity index (χ0) is 32.1.